The van der Waals surface area contributed by atoms with Gasteiger partial charge in [0.25, 0.3) is 0 Å². The van der Waals surface area contributed by atoms with Gasteiger partial charge < -0.3 is 0 Å². The third kappa shape index (κ3) is 1.80. The predicted molar refractivity (Wildman–Crippen MR) is 65.0 cm³/mol. The molecular formula is C13H10N4. The van der Waals surface area contributed by atoms with Crippen LogP contribution in [0.5, 0.6) is 0 Å². The van der Waals surface area contributed by atoms with Gasteiger partial charge in [-0.1, -0.05) is 24.3 Å². The van der Waals surface area contributed by atoms with Crippen LogP contribution in [0, 0.1) is 0 Å². The minimum absolute atomic E-state index is 0.908. The van der Waals surface area contributed by atoms with E-state index in [4.69, 9.17) is 0 Å². The summed E-state index contributed by atoms with van der Waals surface area (Å²) in [6, 6.07) is 11.9. The molecule has 4 heteroatoms. The highest BCUT2D eigenvalue weighted by molar-refractivity contribution is 5.79. The lowest BCUT2D eigenvalue weighted by Gasteiger charge is -2.06. The smallest absolute Gasteiger partial charge is 0.116 e. The van der Waals surface area contributed by atoms with E-state index < -0.39 is 0 Å². The van der Waals surface area contributed by atoms with Gasteiger partial charge >= 0.3 is 0 Å². The summed E-state index contributed by atoms with van der Waals surface area (Å²) in [5.74, 6) is 0. The topological polar surface area (TPSA) is 54.5 Å². The minimum atomic E-state index is 0.908. The first-order valence-corrected chi connectivity index (χ1v) is 5.30. The highest BCUT2D eigenvalue weighted by Gasteiger charge is 2.07. The molecular weight excluding hydrogens is 212 g/mol. The first kappa shape index (κ1) is 9.72. The van der Waals surface area contributed by atoms with Crippen molar-refractivity contribution in [1.29, 1.82) is 0 Å². The summed E-state index contributed by atoms with van der Waals surface area (Å²) in [4.78, 5) is 8.21. The molecule has 2 heterocycles. The fourth-order valence-corrected chi connectivity index (χ4v) is 1.80. The lowest BCUT2D eigenvalue weighted by Crippen LogP contribution is -1.88. The number of aromatic amines is 1. The number of nitrogens with one attached hydrogen (secondary N) is 1. The van der Waals surface area contributed by atoms with Gasteiger partial charge in [-0.2, -0.15) is 5.10 Å². The minimum Gasteiger partial charge on any atom is -0.278 e. The number of H-pyrrole nitrogens is 1. The molecule has 4 nitrogen and oxygen atoms in total. The second kappa shape index (κ2) is 4.17. The van der Waals surface area contributed by atoms with Gasteiger partial charge in [0, 0.05) is 23.5 Å². The van der Waals surface area contributed by atoms with Crippen molar-refractivity contribution in [2.24, 2.45) is 0 Å². The predicted octanol–water partition coefficient (Wildman–Crippen LogP) is 2.53. The van der Waals surface area contributed by atoms with E-state index in [9.17, 15) is 0 Å². The Bertz CT molecular complexity index is 602. The molecule has 0 radical (unpaired) electrons. The van der Waals surface area contributed by atoms with E-state index in [1.807, 2.05) is 36.4 Å². The summed E-state index contributed by atoms with van der Waals surface area (Å²) >= 11 is 0. The summed E-state index contributed by atoms with van der Waals surface area (Å²) < 4.78 is 0. The molecule has 0 spiro atoms. The molecule has 82 valence electrons. The second-order valence-electron chi connectivity index (χ2n) is 3.61. The van der Waals surface area contributed by atoms with Crippen LogP contribution >= 0.6 is 0 Å². The van der Waals surface area contributed by atoms with Gasteiger partial charge in [-0.05, 0) is 12.1 Å². The largest absolute Gasteiger partial charge is 0.278 e. The number of nitrogens with zero attached hydrogens (tertiary/aromatic N) is 3. The Morgan fingerprint density at radius 3 is 2.47 bits per heavy atom. The van der Waals surface area contributed by atoms with Gasteiger partial charge in [0.05, 0.1) is 11.4 Å². The quantitative estimate of drug-likeness (QED) is 0.724. The molecule has 0 saturated carbocycles. The van der Waals surface area contributed by atoms with Crippen molar-refractivity contribution < 1.29 is 0 Å². The maximum absolute atomic E-state index is 4.27. The van der Waals surface area contributed by atoms with E-state index in [-0.39, 0.29) is 0 Å². The lowest BCUT2D eigenvalue weighted by molar-refractivity contribution is 1.09. The lowest BCUT2D eigenvalue weighted by atomic mass is 10.0. The van der Waals surface area contributed by atoms with Crippen LogP contribution in [-0.4, -0.2) is 20.2 Å². The highest BCUT2D eigenvalue weighted by atomic mass is 15.1. The van der Waals surface area contributed by atoms with Crippen LogP contribution in [0.25, 0.3) is 22.5 Å². The zero-order chi connectivity index (χ0) is 11.5. The summed E-state index contributed by atoms with van der Waals surface area (Å²) in [6.07, 6.45) is 5.04. The molecule has 0 fully saturated rings. The average Bonchev–Trinajstić information content (AvgIpc) is 2.94. The fraction of sp³-hybridized carbons (Fsp3) is 0. The third-order valence-corrected chi connectivity index (χ3v) is 2.58. The van der Waals surface area contributed by atoms with Crippen LogP contribution in [0.15, 0.2) is 55.1 Å². The number of benzene rings is 1. The summed E-state index contributed by atoms with van der Waals surface area (Å²) in [7, 11) is 0. The van der Waals surface area contributed by atoms with Gasteiger partial charge in [0.15, 0.2) is 0 Å². The van der Waals surface area contributed by atoms with Crippen molar-refractivity contribution in [3.63, 3.8) is 0 Å². The van der Waals surface area contributed by atoms with Gasteiger partial charge in [0.2, 0.25) is 0 Å². The van der Waals surface area contributed by atoms with E-state index >= 15 is 0 Å². The van der Waals surface area contributed by atoms with Crippen LogP contribution in [-0.2, 0) is 0 Å². The Labute approximate surface area is 98.4 Å². The molecule has 0 atom stereocenters. The fourth-order valence-electron chi connectivity index (χ4n) is 1.80. The Hall–Kier alpha value is -2.49. The zero-order valence-electron chi connectivity index (χ0n) is 9.04. The zero-order valence-corrected chi connectivity index (χ0v) is 9.04. The molecule has 0 saturated heterocycles. The maximum Gasteiger partial charge on any atom is 0.116 e. The molecule has 0 amide bonds. The molecule has 0 unspecified atom stereocenters. The van der Waals surface area contributed by atoms with Gasteiger partial charge in [-0.25, -0.2) is 9.97 Å². The molecule has 0 aliphatic heterocycles. The first-order chi connectivity index (χ1) is 8.45. The molecule has 0 aliphatic rings. The van der Waals surface area contributed by atoms with Crippen LogP contribution in [0.4, 0.5) is 0 Å². The number of aromatic nitrogens is 4. The average molecular weight is 222 g/mol. The number of hydrogen-bond acceptors (Lipinski definition) is 3. The molecule has 2 aromatic heterocycles. The summed E-state index contributed by atoms with van der Waals surface area (Å²) in [5.41, 5.74) is 4.05. The molecule has 3 aromatic rings. The SMILES string of the molecule is c1ccc(-c2ccn[nH]2)c(-c2ccncn2)c1. The Morgan fingerprint density at radius 2 is 1.76 bits per heavy atom. The van der Waals surface area contributed by atoms with Crippen molar-refractivity contribution in [1.82, 2.24) is 20.2 Å². The molecule has 3 rings (SSSR count). The number of rotatable bonds is 2. The van der Waals surface area contributed by atoms with Crippen molar-refractivity contribution in [3.8, 4) is 22.5 Å². The van der Waals surface area contributed by atoms with Gasteiger partial charge in [-0.15, -0.1) is 0 Å². The summed E-state index contributed by atoms with van der Waals surface area (Å²) in [5, 5.41) is 6.95. The molecule has 1 aromatic carbocycles. The normalized spacial score (nSPS) is 10.4. The van der Waals surface area contributed by atoms with Gasteiger partial charge in [-0.3, -0.25) is 5.10 Å². The molecule has 0 aliphatic carbocycles. The van der Waals surface area contributed by atoms with Gasteiger partial charge in [0.1, 0.15) is 6.33 Å². The molecule has 0 bridgehead atoms. The van der Waals surface area contributed by atoms with E-state index in [1.165, 1.54) is 0 Å². The van der Waals surface area contributed by atoms with E-state index in [0.29, 0.717) is 0 Å². The van der Waals surface area contributed by atoms with Crippen LogP contribution in [0.2, 0.25) is 0 Å². The Balaban J connectivity index is 2.18. The Kier molecular flexibility index (Phi) is 2.38. The standard InChI is InChI=1S/C13H10N4/c1-2-4-11(13-6-8-16-17-13)10(3-1)12-5-7-14-9-15-12/h1-9H,(H,16,17). The van der Waals surface area contributed by atoms with Crippen molar-refractivity contribution in [2.75, 3.05) is 0 Å². The maximum atomic E-state index is 4.27. The third-order valence-electron chi connectivity index (χ3n) is 2.58. The highest BCUT2D eigenvalue weighted by Crippen LogP contribution is 2.28. The van der Waals surface area contributed by atoms with E-state index in [1.54, 1.807) is 18.7 Å². The van der Waals surface area contributed by atoms with Crippen LogP contribution in [0.1, 0.15) is 0 Å². The monoisotopic (exact) mass is 222 g/mol. The Morgan fingerprint density at radius 1 is 0.882 bits per heavy atom. The first-order valence-electron chi connectivity index (χ1n) is 5.30. The van der Waals surface area contributed by atoms with Crippen LogP contribution < -0.4 is 0 Å². The van der Waals surface area contributed by atoms with Crippen molar-refractivity contribution >= 4 is 0 Å². The molecule has 17 heavy (non-hydrogen) atoms. The van der Waals surface area contributed by atoms with E-state index in [0.717, 1.165) is 22.5 Å². The number of hydrogen-bond donors (Lipinski definition) is 1. The van der Waals surface area contributed by atoms with Crippen molar-refractivity contribution in [3.05, 3.63) is 55.1 Å². The second-order valence-corrected chi connectivity index (χ2v) is 3.61. The summed E-state index contributed by atoms with van der Waals surface area (Å²) in [6.45, 7) is 0. The van der Waals surface area contributed by atoms with Crippen molar-refractivity contribution in [2.45, 2.75) is 0 Å². The van der Waals surface area contributed by atoms with E-state index in [2.05, 4.69) is 20.2 Å². The van der Waals surface area contributed by atoms with Crippen LogP contribution in [0.3, 0.4) is 0 Å². The molecule has 1 N–H and O–H groups in total.